The molecular formula is C10H11ClN2S. The molecule has 2 rings (SSSR count). The van der Waals surface area contributed by atoms with Gasteiger partial charge in [0.2, 0.25) is 0 Å². The topological polar surface area (TPSA) is 25.8 Å². The number of fused-ring (bicyclic) bond motifs is 1. The van der Waals surface area contributed by atoms with Crippen molar-refractivity contribution in [3.8, 4) is 0 Å². The van der Waals surface area contributed by atoms with E-state index in [0.29, 0.717) is 5.15 Å². The molecule has 0 saturated carbocycles. The van der Waals surface area contributed by atoms with E-state index in [0.717, 1.165) is 10.2 Å². The second kappa shape index (κ2) is 3.17. The second-order valence-corrected chi connectivity index (χ2v) is 5.65. The molecule has 0 aliphatic carbocycles. The van der Waals surface area contributed by atoms with Crippen molar-refractivity contribution in [1.82, 2.24) is 9.97 Å². The number of thiophene rings is 1. The van der Waals surface area contributed by atoms with E-state index in [-0.39, 0.29) is 5.41 Å². The summed E-state index contributed by atoms with van der Waals surface area (Å²) in [5.41, 5.74) is 1.09. The van der Waals surface area contributed by atoms with Gasteiger partial charge >= 0.3 is 0 Å². The molecule has 0 radical (unpaired) electrons. The zero-order chi connectivity index (χ0) is 10.3. The fourth-order valence-corrected chi connectivity index (χ4v) is 2.50. The van der Waals surface area contributed by atoms with Crippen molar-refractivity contribution in [2.45, 2.75) is 26.2 Å². The van der Waals surface area contributed by atoms with Gasteiger partial charge in [-0.25, -0.2) is 9.97 Å². The van der Waals surface area contributed by atoms with E-state index in [1.54, 1.807) is 11.3 Å². The maximum Gasteiger partial charge on any atom is 0.150 e. The predicted octanol–water partition coefficient (Wildman–Crippen LogP) is 3.64. The molecule has 0 fully saturated rings. The van der Waals surface area contributed by atoms with E-state index in [1.807, 2.05) is 0 Å². The van der Waals surface area contributed by atoms with Gasteiger partial charge in [-0.2, -0.15) is 0 Å². The van der Waals surface area contributed by atoms with Crippen LogP contribution in [-0.2, 0) is 5.41 Å². The molecule has 74 valence electrons. The Bertz CT molecular complexity index is 470. The Balaban J connectivity index is 2.69. The lowest BCUT2D eigenvalue weighted by Gasteiger charge is -2.14. The molecule has 0 atom stereocenters. The zero-order valence-electron chi connectivity index (χ0n) is 8.34. The summed E-state index contributed by atoms with van der Waals surface area (Å²) in [7, 11) is 0. The van der Waals surface area contributed by atoms with Crippen molar-refractivity contribution in [1.29, 1.82) is 0 Å². The van der Waals surface area contributed by atoms with E-state index in [9.17, 15) is 0 Å². The molecule has 0 aliphatic rings. The SMILES string of the molecule is CC(C)(C)c1cc2ncnc(Cl)c2s1. The van der Waals surface area contributed by atoms with Crippen LogP contribution in [0.25, 0.3) is 10.2 Å². The van der Waals surface area contributed by atoms with Crippen LogP contribution in [0, 0.1) is 0 Å². The number of hydrogen-bond acceptors (Lipinski definition) is 3. The van der Waals surface area contributed by atoms with Gasteiger partial charge in [0.1, 0.15) is 11.5 Å². The summed E-state index contributed by atoms with van der Waals surface area (Å²) in [4.78, 5) is 9.45. The third kappa shape index (κ3) is 1.62. The summed E-state index contributed by atoms with van der Waals surface area (Å²) >= 11 is 7.65. The quantitative estimate of drug-likeness (QED) is 0.641. The summed E-state index contributed by atoms with van der Waals surface area (Å²) in [6.07, 6.45) is 1.50. The van der Waals surface area contributed by atoms with Crippen LogP contribution in [-0.4, -0.2) is 9.97 Å². The monoisotopic (exact) mass is 226 g/mol. The Morgan fingerprint density at radius 2 is 2.00 bits per heavy atom. The highest BCUT2D eigenvalue weighted by atomic mass is 35.5. The first-order chi connectivity index (χ1) is 6.48. The molecule has 0 saturated heterocycles. The van der Waals surface area contributed by atoms with Crippen molar-refractivity contribution >= 4 is 33.2 Å². The predicted molar refractivity (Wildman–Crippen MR) is 61.1 cm³/mol. The molecule has 14 heavy (non-hydrogen) atoms. The Labute approximate surface area is 92.0 Å². The van der Waals surface area contributed by atoms with Gasteiger partial charge in [-0.15, -0.1) is 11.3 Å². The van der Waals surface area contributed by atoms with Crippen LogP contribution in [0.5, 0.6) is 0 Å². The lowest BCUT2D eigenvalue weighted by atomic mass is 9.95. The second-order valence-electron chi connectivity index (χ2n) is 4.24. The van der Waals surface area contributed by atoms with Crippen molar-refractivity contribution in [2.24, 2.45) is 0 Å². The molecule has 4 heteroatoms. The first-order valence-electron chi connectivity index (χ1n) is 4.39. The van der Waals surface area contributed by atoms with Gasteiger partial charge < -0.3 is 0 Å². The van der Waals surface area contributed by atoms with E-state index >= 15 is 0 Å². The minimum Gasteiger partial charge on any atom is -0.235 e. The standard InChI is InChI=1S/C10H11ClN2S/c1-10(2,3)7-4-6-8(14-7)9(11)13-5-12-6/h4-5H,1-3H3. The summed E-state index contributed by atoms with van der Waals surface area (Å²) in [5, 5.41) is 0.551. The number of aromatic nitrogens is 2. The highest BCUT2D eigenvalue weighted by Crippen LogP contribution is 2.35. The third-order valence-corrected chi connectivity index (χ3v) is 3.96. The van der Waals surface area contributed by atoms with Gasteiger partial charge in [-0.1, -0.05) is 32.4 Å². The van der Waals surface area contributed by atoms with Gasteiger partial charge in [-0.05, 0) is 11.5 Å². The van der Waals surface area contributed by atoms with Crippen LogP contribution in [0.2, 0.25) is 5.15 Å². The molecule has 0 aliphatic heterocycles. The van der Waals surface area contributed by atoms with Crippen LogP contribution in [0.1, 0.15) is 25.6 Å². The Kier molecular flexibility index (Phi) is 2.24. The first-order valence-corrected chi connectivity index (χ1v) is 5.58. The van der Waals surface area contributed by atoms with Crippen LogP contribution in [0.15, 0.2) is 12.4 Å². The number of halogens is 1. The maximum atomic E-state index is 5.98. The molecule has 2 aromatic rings. The molecule has 0 aromatic carbocycles. The van der Waals surface area contributed by atoms with Crippen LogP contribution in [0.4, 0.5) is 0 Å². The molecule has 2 nitrogen and oxygen atoms in total. The molecule has 0 unspecified atom stereocenters. The molecule has 0 bridgehead atoms. The summed E-state index contributed by atoms with van der Waals surface area (Å²) in [6.45, 7) is 6.54. The molecule has 0 spiro atoms. The molecular weight excluding hydrogens is 216 g/mol. The minimum atomic E-state index is 0.148. The van der Waals surface area contributed by atoms with Crippen LogP contribution < -0.4 is 0 Å². The number of nitrogens with zero attached hydrogens (tertiary/aromatic N) is 2. The Morgan fingerprint density at radius 3 is 2.57 bits per heavy atom. The van der Waals surface area contributed by atoms with Crippen LogP contribution >= 0.6 is 22.9 Å². The van der Waals surface area contributed by atoms with Gasteiger partial charge in [0.25, 0.3) is 0 Å². The summed E-state index contributed by atoms with van der Waals surface area (Å²) < 4.78 is 0.985. The lowest BCUT2D eigenvalue weighted by molar-refractivity contribution is 0.604. The van der Waals surface area contributed by atoms with Gasteiger partial charge in [0.05, 0.1) is 10.2 Å². The molecule has 0 amide bonds. The fourth-order valence-electron chi connectivity index (χ4n) is 1.20. The Morgan fingerprint density at radius 1 is 1.29 bits per heavy atom. The maximum absolute atomic E-state index is 5.98. The van der Waals surface area contributed by atoms with Crippen molar-refractivity contribution < 1.29 is 0 Å². The van der Waals surface area contributed by atoms with Gasteiger partial charge in [-0.3, -0.25) is 0 Å². The highest BCUT2D eigenvalue weighted by molar-refractivity contribution is 7.19. The Hall–Kier alpha value is -0.670. The number of rotatable bonds is 0. The van der Waals surface area contributed by atoms with E-state index in [1.165, 1.54) is 11.2 Å². The van der Waals surface area contributed by atoms with Gasteiger partial charge in [0.15, 0.2) is 0 Å². The fraction of sp³-hybridized carbons (Fsp3) is 0.400. The van der Waals surface area contributed by atoms with Crippen molar-refractivity contribution in [2.75, 3.05) is 0 Å². The van der Waals surface area contributed by atoms with Gasteiger partial charge in [0, 0.05) is 4.88 Å². The lowest BCUT2D eigenvalue weighted by Crippen LogP contribution is -2.07. The highest BCUT2D eigenvalue weighted by Gasteiger charge is 2.18. The van der Waals surface area contributed by atoms with Crippen molar-refractivity contribution in [3.05, 3.63) is 22.4 Å². The summed E-state index contributed by atoms with van der Waals surface area (Å²) in [6, 6.07) is 2.09. The molecule has 2 aromatic heterocycles. The van der Waals surface area contributed by atoms with E-state index < -0.39 is 0 Å². The number of hydrogen-bond donors (Lipinski definition) is 0. The zero-order valence-corrected chi connectivity index (χ0v) is 9.91. The van der Waals surface area contributed by atoms with Crippen molar-refractivity contribution in [3.63, 3.8) is 0 Å². The molecule has 2 heterocycles. The average molecular weight is 227 g/mol. The summed E-state index contributed by atoms with van der Waals surface area (Å²) in [5.74, 6) is 0. The van der Waals surface area contributed by atoms with Crippen LogP contribution in [0.3, 0.4) is 0 Å². The smallest absolute Gasteiger partial charge is 0.150 e. The normalized spacial score (nSPS) is 12.3. The first kappa shape index (κ1) is 9.87. The average Bonchev–Trinajstić information content (AvgIpc) is 2.48. The largest absolute Gasteiger partial charge is 0.235 e. The molecule has 0 N–H and O–H groups in total. The van der Waals surface area contributed by atoms with E-state index in [2.05, 4.69) is 36.8 Å². The van der Waals surface area contributed by atoms with E-state index in [4.69, 9.17) is 11.6 Å². The third-order valence-electron chi connectivity index (χ3n) is 2.01. The minimum absolute atomic E-state index is 0.148.